The maximum absolute atomic E-state index is 2.64. The van der Waals surface area contributed by atoms with Gasteiger partial charge in [-0.3, -0.25) is 0 Å². The predicted molar refractivity (Wildman–Crippen MR) is 123 cm³/mol. The van der Waals surface area contributed by atoms with Crippen LogP contribution in [0.15, 0.2) is 57.0 Å². The van der Waals surface area contributed by atoms with Crippen molar-refractivity contribution >= 4 is 16.3 Å². The fourth-order valence-corrected chi connectivity index (χ4v) is 16.1. The van der Waals surface area contributed by atoms with Crippen molar-refractivity contribution in [3.05, 3.63) is 79.2 Å². The molecule has 2 aromatic carbocycles. The smallest absolute Gasteiger partial charge is 1.00 e. The monoisotopic (exact) mass is 527 g/mol. The summed E-state index contributed by atoms with van der Waals surface area (Å²) in [6, 6.07) is 14.6. The zero-order valence-electron chi connectivity index (χ0n) is 20.2. The summed E-state index contributed by atoms with van der Waals surface area (Å²) < 4.78 is 1.79. The molecule has 1 unspecified atom stereocenters. The van der Waals surface area contributed by atoms with E-state index in [-0.39, 0.29) is 55.6 Å². The van der Waals surface area contributed by atoms with Gasteiger partial charge in [-0.1, -0.05) is 0 Å². The molecule has 0 fully saturated rings. The molecule has 1 aliphatic carbocycles. The standard InChI is InChI=1S/C17H21Si.C9H13.3ClH.Ti/c1-12-6-13(2)9-16(8-12)18(5)17-10-14(3)7-15(4)11-17;1-6-5-7(2)9(4)8(6)3;;;;/h6-11H,1-5H3;6H,1-4H3;3*1H;/q;;;;;+3/p-3. The molecule has 0 saturated carbocycles. The zero-order valence-corrected chi connectivity index (χ0v) is 25.0. The third-order valence-electron chi connectivity index (χ3n) is 6.62. The molecule has 0 N–H and O–H groups in total. The maximum Gasteiger partial charge on any atom is -1.00 e. The Balaban J connectivity index is 0.00000300. The van der Waals surface area contributed by atoms with E-state index in [1.54, 1.807) is 31.0 Å². The van der Waals surface area contributed by atoms with Gasteiger partial charge < -0.3 is 37.2 Å². The molecule has 0 amide bonds. The van der Waals surface area contributed by atoms with Crippen LogP contribution in [0.2, 0.25) is 6.55 Å². The van der Waals surface area contributed by atoms with Crippen LogP contribution in [0.4, 0.5) is 0 Å². The summed E-state index contributed by atoms with van der Waals surface area (Å²) in [5.41, 5.74) is 10.3. The van der Waals surface area contributed by atoms with Gasteiger partial charge in [-0.25, -0.2) is 0 Å². The van der Waals surface area contributed by atoms with E-state index < -0.39 is 5.94 Å². The first kappa shape index (κ1) is 30.7. The van der Waals surface area contributed by atoms with Crippen LogP contribution < -0.4 is 47.6 Å². The van der Waals surface area contributed by atoms with E-state index in [0.29, 0.717) is 5.92 Å². The van der Waals surface area contributed by atoms with Crippen LogP contribution in [0.5, 0.6) is 0 Å². The van der Waals surface area contributed by atoms with Crippen molar-refractivity contribution in [3.63, 3.8) is 0 Å². The van der Waals surface area contributed by atoms with Crippen LogP contribution >= 0.6 is 0 Å². The van der Waals surface area contributed by atoms with Crippen LogP contribution in [0, 0.1) is 33.6 Å². The van der Waals surface area contributed by atoms with Crippen molar-refractivity contribution < 1.29 is 55.6 Å². The molecule has 0 aromatic heterocycles. The Bertz CT molecular complexity index is 916. The molecule has 167 valence electrons. The molecule has 0 spiro atoms. The van der Waals surface area contributed by atoms with Crippen LogP contribution in [-0.4, -0.2) is 5.94 Å². The van der Waals surface area contributed by atoms with E-state index in [1.165, 1.54) is 22.3 Å². The molecular formula is C26H34Cl3SiTi. The van der Waals surface area contributed by atoms with Crippen molar-refractivity contribution in [2.75, 3.05) is 0 Å². The minimum atomic E-state index is -1.79. The van der Waals surface area contributed by atoms with Crippen molar-refractivity contribution in [3.8, 4) is 0 Å². The van der Waals surface area contributed by atoms with E-state index >= 15 is 0 Å². The molecule has 0 aliphatic heterocycles. The van der Waals surface area contributed by atoms with E-state index in [0.717, 1.165) is 0 Å². The minimum Gasteiger partial charge on any atom is -1.00 e. The zero-order chi connectivity index (χ0) is 20.8. The molecule has 31 heavy (non-hydrogen) atoms. The second kappa shape index (κ2) is 11.7. The first-order valence-corrected chi connectivity index (χ1v) is 16.0. The fourth-order valence-electron chi connectivity index (χ4n) is 4.67. The molecule has 1 aliphatic rings. The summed E-state index contributed by atoms with van der Waals surface area (Å²) in [5, 5.41) is 3.26. The quantitative estimate of drug-likeness (QED) is 0.371. The van der Waals surface area contributed by atoms with E-state index in [2.05, 4.69) is 98.3 Å². The van der Waals surface area contributed by atoms with Gasteiger partial charge in [0.1, 0.15) is 0 Å². The van der Waals surface area contributed by atoms with Gasteiger partial charge in [0.2, 0.25) is 0 Å². The number of benzene rings is 2. The van der Waals surface area contributed by atoms with Crippen molar-refractivity contribution in [2.45, 2.75) is 61.9 Å². The Labute approximate surface area is 217 Å². The molecule has 3 rings (SSSR count). The Hall–Kier alpha value is -0.279. The summed E-state index contributed by atoms with van der Waals surface area (Å²) in [6.45, 7) is 21.1. The number of rotatable bonds is 4. The molecule has 0 radical (unpaired) electrons. The summed E-state index contributed by atoms with van der Waals surface area (Å²) >= 11 is -0.272. The molecule has 5 heteroatoms. The van der Waals surface area contributed by atoms with Crippen LogP contribution in [-0.2, 0) is 18.4 Å². The molecule has 0 bridgehead atoms. The summed E-state index contributed by atoms with van der Waals surface area (Å²) in [5.74, 6) is -1.17. The van der Waals surface area contributed by atoms with Gasteiger partial charge in [-0.05, 0) is 0 Å². The summed E-state index contributed by atoms with van der Waals surface area (Å²) in [6.07, 6.45) is 0. The third kappa shape index (κ3) is 6.19. The average Bonchev–Trinajstić information content (AvgIpc) is 2.78. The van der Waals surface area contributed by atoms with Gasteiger partial charge in [-0.15, -0.1) is 0 Å². The maximum atomic E-state index is 2.64. The normalized spacial score (nSPS) is 15.7. The van der Waals surface area contributed by atoms with Gasteiger partial charge in [0.05, 0.1) is 0 Å². The fraction of sp³-hybridized carbons (Fsp3) is 0.385. The first-order chi connectivity index (χ1) is 13.0. The van der Waals surface area contributed by atoms with Crippen molar-refractivity contribution in [1.82, 2.24) is 0 Å². The van der Waals surface area contributed by atoms with Crippen LogP contribution in [0.3, 0.4) is 0 Å². The number of halogens is 3. The van der Waals surface area contributed by atoms with E-state index in [9.17, 15) is 0 Å². The summed E-state index contributed by atoms with van der Waals surface area (Å²) in [4.78, 5) is 0. The van der Waals surface area contributed by atoms with Gasteiger partial charge in [-0.2, -0.15) is 0 Å². The second-order valence-corrected chi connectivity index (χ2v) is 19.4. The van der Waals surface area contributed by atoms with E-state index in [1.807, 2.05) is 0 Å². The Morgan fingerprint density at radius 1 is 0.613 bits per heavy atom. The van der Waals surface area contributed by atoms with Gasteiger partial charge in [0.25, 0.3) is 0 Å². The Kier molecular flexibility index (Phi) is 11.6. The molecule has 0 nitrogen and oxygen atoms in total. The third-order valence-corrected chi connectivity index (χ3v) is 17.8. The van der Waals surface area contributed by atoms with Crippen molar-refractivity contribution in [2.24, 2.45) is 5.92 Å². The number of hydrogen-bond donors (Lipinski definition) is 0. The minimum absolute atomic E-state index is 0. The molecule has 0 heterocycles. The summed E-state index contributed by atoms with van der Waals surface area (Å²) in [7, 11) is 0. The molecule has 2 aromatic rings. The Morgan fingerprint density at radius 2 is 0.968 bits per heavy atom. The molecular weight excluding hydrogens is 495 g/mol. The number of allylic oxidation sites excluding steroid dienone is 4. The topological polar surface area (TPSA) is 0 Å². The van der Waals surface area contributed by atoms with Gasteiger partial charge >= 0.3 is 182 Å². The van der Waals surface area contributed by atoms with Crippen LogP contribution in [0.25, 0.3) is 0 Å². The molecule has 1 atom stereocenters. The van der Waals surface area contributed by atoms with E-state index in [4.69, 9.17) is 0 Å². The van der Waals surface area contributed by atoms with Crippen molar-refractivity contribution in [1.29, 1.82) is 0 Å². The van der Waals surface area contributed by atoms with Gasteiger partial charge in [0.15, 0.2) is 0 Å². The number of hydrogen-bond acceptors (Lipinski definition) is 0. The number of aryl methyl sites for hydroxylation is 4. The SMILES string of the molecule is CC1=C(C)C(C)[C]([Ti+3][Si](C)(c2cc(C)cc(C)c2)c2cc(C)cc(C)c2)=C1C.[Cl-].[Cl-].[Cl-]. The molecule has 0 saturated heterocycles. The average molecular weight is 529 g/mol. The second-order valence-electron chi connectivity index (χ2n) is 9.07. The van der Waals surface area contributed by atoms with Crippen LogP contribution in [0.1, 0.15) is 49.9 Å². The predicted octanol–water partition coefficient (Wildman–Crippen LogP) is -3.04. The first-order valence-electron chi connectivity index (χ1n) is 10.4. The largest absolute Gasteiger partial charge is 1.00 e. The Morgan fingerprint density at radius 3 is 1.26 bits per heavy atom. The van der Waals surface area contributed by atoms with Gasteiger partial charge in [0, 0.05) is 0 Å².